The highest BCUT2D eigenvalue weighted by Gasteiger charge is 2.50. The van der Waals surface area contributed by atoms with Crippen molar-refractivity contribution in [3.8, 4) is 0 Å². The van der Waals surface area contributed by atoms with E-state index in [2.05, 4.69) is 26.6 Å². The zero-order chi connectivity index (χ0) is 18.0. The Morgan fingerprint density at radius 1 is 1.19 bits per heavy atom. The maximum atomic E-state index is 13.0. The fourth-order valence-electron chi connectivity index (χ4n) is 5.84. The predicted octanol–water partition coefficient (Wildman–Crippen LogP) is 4.14. The van der Waals surface area contributed by atoms with E-state index < -0.39 is 0 Å². The average Bonchev–Trinajstić information content (AvgIpc) is 3.40. The summed E-state index contributed by atoms with van der Waals surface area (Å²) in [6.07, 6.45) is 15.5. The molecule has 2 heterocycles. The van der Waals surface area contributed by atoms with Crippen molar-refractivity contribution < 1.29 is 4.79 Å². The van der Waals surface area contributed by atoms with Crippen LogP contribution in [0.5, 0.6) is 0 Å². The Balaban J connectivity index is 1.48. The number of hydrogen-bond acceptors (Lipinski definition) is 3. The van der Waals surface area contributed by atoms with Crippen molar-refractivity contribution in [1.29, 1.82) is 0 Å². The molecule has 0 radical (unpaired) electrons. The second-order valence-electron chi connectivity index (χ2n) is 8.91. The van der Waals surface area contributed by atoms with Crippen LogP contribution >= 0.6 is 0 Å². The van der Waals surface area contributed by atoms with Crippen molar-refractivity contribution in [2.24, 2.45) is 11.3 Å². The second-order valence-corrected chi connectivity index (χ2v) is 8.91. The highest BCUT2D eigenvalue weighted by Crippen LogP contribution is 2.51. The molecule has 1 saturated heterocycles. The van der Waals surface area contributed by atoms with Crippen molar-refractivity contribution in [3.63, 3.8) is 0 Å². The molecular weight excluding hydrogens is 324 g/mol. The summed E-state index contributed by atoms with van der Waals surface area (Å²) in [7, 11) is 0. The Morgan fingerprint density at radius 2 is 1.96 bits per heavy atom. The van der Waals surface area contributed by atoms with Gasteiger partial charge in [0, 0.05) is 32.0 Å². The predicted molar refractivity (Wildman–Crippen MR) is 102 cm³/mol. The van der Waals surface area contributed by atoms with Crippen LogP contribution in [0.3, 0.4) is 0 Å². The summed E-state index contributed by atoms with van der Waals surface area (Å²) in [4.78, 5) is 15.2. The minimum absolute atomic E-state index is 0.237. The Hall–Kier alpha value is -1.39. The molecule has 1 aromatic heterocycles. The smallest absolute Gasteiger partial charge is 0.222 e. The third-order valence-electron chi connectivity index (χ3n) is 7.39. The summed E-state index contributed by atoms with van der Waals surface area (Å²) >= 11 is 0. The third-order valence-corrected chi connectivity index (χ3v) is 7.39. The fourth-order valence-corrected chi connectivity index (χ4v) is 5.84. The van der Waals surface area contributed by atoms with E-state index in [9.17, 15) is 4.79 Å². The van der Waals surface area contributed by atoms with E-state index in [4.69, 9.17) is 0 Å². The first-order valence-electron chi connectivity index (χ1n) is 10.9. The van der Waals surface area contributed by atoms with E-state index in [0.717, 1.165) is 44.2 Å². The maximum Gasteiger partial charge on any atom is 0.222 e. The lowest BCUT2D eigenvalue weighted by Crippen LogP contribution is -2.34. The van der Waals surface area contributed by atoms with Gasteiger partial charge in [0.1, 0.15) is 12.2 Å². The average molecular weight is 359 g/mol. The van der Waals surface area contributed by atoms with Crippen LogP contribution in [0.4, 0.5) is 0 Å². The molecule has 2 saturated carbocycles. The van der Waals surface area contributed by atoms with E-state index in [1.165, 1.54) is 57.8 Å². The number of carbonyl (C=O) groups excluding carboxylic acids is 1. The molecule has 1 aromatic rings. The number of hydrogen-bond donors (Lipinski definition) is 0. The van der Waals surface area contributed by atoms with Gasteiger partial charge in [-0.1, -0.05) is 44.9 Å². The van der Waals surface area contributed by atoms with E-state index in [1.54, 1.807) is 0 Å². The van der Waals surface area contributed by atoms with Crippen molar-refractivity contribution in [2.45, 2.75) is 90.0 Å². The van der Waals surface area contributed by atoms with Crippen LogP contribution in [-0.2, 0) is 11.3 Å². The molecule has 0 aromatic carbocycles. The Kier molecular flexibility index (Phi) is 5.32. The first-order chi connectivity index (χ1) is 12.7. The summed E-state index contributed by atoms with van der Waals surface area (Å²) < 4.78 is 2.19. The van der Waals surface area contributed by atoms with Gasteiger partial charge in [0.2, 0.25) is 5.91 Å². The molecule has 2 aliphatic carbocycles. The molecule has 1 spiro atoms. The molecule has 0 bridgehead atoms. The number of rotatable bonds is 5. The Bertz CT molecular complexity index is 613. The second kappa shape index (κ2) is 7.69. The van der Waals surface area contributed by atoms with Crippen LogP contribution in [0, 0.1) is 11.3 Å². The Morgan fingerprint density at radius 3 is 2.69 bits per heavy atom. The summed E-state index contributed by atoms with van der Waals surface area (Å²) in [6, 6.07) is 0. The minimum atomic E-state index is 0.237. The van der Waals surface area contributed by atoms with Crippen LogP contribution in [0.2, 0.25) is 0 Å². The molecule has 0 N–H and O–H groups in total. The van der Waals surface area contributed by atoms with Gasteiger partial charge in [-0.3, -0.25) is 4.79 Å². The largest absolute Gasteiger partial charge is 0.341 e. The van der Waals surface area contributed by atoms with Gasteiger partial charge in [0.25, 0.3) is 0 Å². The van der Waals surface area contributed by atoms with Gasteiger partial charge in [-0.15, -0.1) is 10.2 Å². The highest BCUT2D eigenvalue weighted by atomic mass is 16.2. The molecule has 1 aliphatic heterocycles. The van der Waals surface area contributed by atoms with E-state index in [1.807, 2.05) is 6.33 Å². The zero-order valence-electron chi connectivity index (χ0n) is 16.3. The first kappa shape index (κ1) is 18.0. The topological polar surface area (TPSA) is 51.0 Å². The van der Waals surface area contributed by atoms with Crippen LogP contribution < -0.4 is 0 Å². The molecule has 144 valence electrons. The first-order valence-corrected chi connectivity index (χ1v) is 10.9. The fraction of sp³-hybridized carbons (Fsp3) is 0.857. The molecule has 1 unspecified atom stereocenters. The molecule has 1 amide bonds. The summed E-state index contributed by atoms with van der Waals surface area (Å²) in [6.45, 7) is 4.85. The van der Waals surface area contributed by atoms with Gasteiger partial charge in [0.05, 0.1) is 0 Å². The van der Waals surface area contributed by atoms with Gasteiger partial charge in [0.15, 0.2) is 0 Å². The van der Waals surface area contributed by atoms with Crippen molar-refractivity contribution in [1.82, 2.24) is 19.7 Å². The molecule has 5 heteroatoms. The van der Waals surface area contributed by atoms with Crippen molar-refractivity contribution in [3.05, 3.63) is 12.2 Å². The standard InChI is InChI=1S/C21H34N4O/c1-2-24-16-22-23-20(24)18-14-25(15-21(18)12-6-3-7-13-21)19(26)11-10-17-8-4-5-9-17/h16-18H,2-15H2,1H3. The number of carbonyl (C=O) groups is 1. The monoisotopic (exact) mass is 358 g/mol. The molecule has 26 heavy (non-hydrogen) atoms. The minimum Gasteiger partial charge on any atom is -0.341 e. The SMILES string of the molecule is CCn1cnnc1C1CN(C(=O)CCC2CCCC2)CC12CCCCC2. The maximum absolute atomic E-state index is 13.0. The molecule has 3 aliphatic rings. The third kappa shape index (κ3) is 3.41. The van der Waals surface area contributed by atoms with Gasteiger partial charge in [-0.05, 0) is 37.5 Å². The van der Waals surface area contributed by atoms with Crippen LogP contribution in [0.25, 0.3) is 0 Å². The molecule has 1 atom stereocenters. The lowest BCUT2D eigenvalue weighted by molar-refractivity contribution is -0.131. The molecule has 3 fully saturated rings. The van der Waals surface area contributed by atoms with E-state index in [-0.39, 0.29) is 5.41 Å². The number of nitrogens with zero attached hydrogens (tertiary/aromatic N) is 4. The highest BCUT2D eigenvalue weighted by molar-refractivity contribution is 5.76. The van der Waals surface area contributed by atoms with Crippen LogP contribution in [0.1, 0.15) is 89.3 Å². The Labute approximate surface area is 157 Å². The van der Waals surface area contributed by atoms with Crippen LogP contribution in [0.15, 0.2) is 6.33 Å². The van der Waals surface area contributed by atoms with Crippen molar-refractivity contribution >= 4 is 5.91 Å². The van der Waals surface area contributed by atoms with Crippen LogP contribution in [-0.4, -0.2) is 38.7 Å². The van der Waals surface area contributed by atoms with Gasteiger partial charge < -0.3 is 9.47 Å². The van der Waals surface area contributed by atoms with Crippen molar-refractivity contribution in [2.75, 3.05) is 13.1 Å². The van der Waals surface area contributed by atoms with Gasteiger partial charge in [-0.2, -0.15) is 0 Å². The zero-order valence-corrected chi connectivity index (χ0v) is 16.3. The number of aromatic nitrogens is 3. The molecule has 4 rings (SSSR count). The lowest BCUT2D eigenvalue weighted by atomic mass is 9.67. The van der Waals surface area contributed by atoms with E-state index in [0.29, 0.717) is 11.8 Å². The number of aryl methyl sites for hydroxylation is 1. The normalized spacial score (nSPS) is 26.0. The summed E-state index contributed by atoms with van der Waals surface area (Å²) in [5, 5.41) is 8.68. The molecule has 5 nitrogen and oxygen atoms in total. The summed E-state index contributed by atoms with van der Waals surface area (Å²) in [5.41, 5.74) is 0.237. The van der Waals surface area contributed by atoms with Gasteiger partial charge >= 0.3 is 0 Å². The number of likely N-dealkylation sites (tertiary alicyclic amines) is 1. The van der Waals surface area contributed by atoms with Gasteiger partial charge in [-0.25, -0.2) is 0 Å². The summed E-state index contributed by atoms with van der Waals surface area (Å²) in [5.74, 6) is 2.65. The number of amides is 1. The molecular formula is C21H34N4O. The quantitative estimate of drug-likeness (QED) is 0.795. The lowest BCUT2D eigenvalue weighted by Gasteiger charge is -2.37. The van der Waals surface area contributed by atoms with E-state index >= 15 is 0 Å².